The summed E-state index contributed by atoms with van der Waals surface area (Å²) in [5.74, 6) is 2.76. The van der Waals surface area contributed by atoms with Crippen LogP contribution in [0.15, 0.2) is 18.2 Å². The number of nitrogens with two attached hydrogens (primary N) is 1. The van der Waals surface area contributed by atoms with Crippen molar-refractivity contribution in [2.75, 3.05) is 6.54 Å². The number of nitrogens with zero attached hydrogens (tertiary/aromatic N) is 3. The van der Waals surface area contributed by atoms with Gasteiger partial charge < -0.3 is 10.3 Å². The normalized spacial score (nSPS) is 18.1. The van der Waals surface area contributed by atoms with E-state index in [4.69, 9.17) is 5.73 Å². The molecule has 106 valence electrons. The highest BCUT2D eigenvalue weighted by atomic mass is 15.3. The molecule has 0 radical (unpaired) electrons. The van der Waals surface area contributed by atoms with E-state index in [1.54, 1.807) is 0 Å². The Kier molecular flexibility index (Phi) is 3.57. The Hall–Kier alpha value is -1.68. The second kappa shape index (κ2) is 5.37. The van der Waals surface area contributed by atoms with Gasteiger partial charge in [0.25, 0.3) is 0 Å². The van der Waals surface area contributed by atoms with Crippen LogP contribution in [-0.4, -0.2) is 21.3 Å². The van der Waals surface area contributed by atoms with Gasteiger partial charge in [-0.3, -0.25) is 0 Å². The van der Waals surface area contributed by atoms with Crippen molar-refractivity contribution < 1.29 is 0 Å². The van der Waals surface area contributed by atoms with Crippen molar-refractivity contribution in [1.82, 2.24) is 14.8 Å². The van der Waals surface area contributed by atoms with Gasteiger partial charge in [0.1, 0.15) is 11.6 Å². The van der Waals surface area contributed by atoms with Crippen LogP contribution in [0.2, 0.25) is 0 Å². The van der Waals surface area contributed by atoms with Crippen LogP contribution in [0.25, 0.3) is 0 Å². The van der Waals surface area contributed by atoms with Crippen LogP contribution in [0.1, 0.15) is 34.8 Å². The fraction of sp³-hybridized carbons (Fsp3) is 0.500. The smallest absolute Gasteiger partial charge is 0.137 e. The topological polar surface area (TPSA) is 56.7 Å². The third kappa shape index (κ3) is 2.48. The van der Waals surface area contributed by atoms with Gasteiger partial charge in [0.2, 0.25) is 0 Å². The molecule has 1 aliphatic rings. The van der Waals surface area contributed by atoms with Gasteiger partial charge in [-0.05, 0) is 43.9 Å². The number of fused-ring (bicyclic) bond motifs is 1. The first-order valence-electron chi connectivity index (χ1n) is 7.34. The van der Waals surface area contributed by atoms with Crippen LogP contribution in [0.4, 0.5) is 0 Å². The van der Waals surface area contributed by atoms with Gasteiger partial charge in [0.15, 0.2) is 0 Å². The van der Waals surface area contributed by atoms with Crippen LogP contribution in [0.5, 0.6) is 0 Å². The minimum Gasteiger partial charge on any atom is -0.330 e. The molecule has 0 fully saturated rings. The number of aryl methyl sites for hydroxylation is 3. The molecule has 2 N–H and O–H groups in total. The number of hydrogen-bond acceptors (Lipinski definition) is 3. The third-order valence-electron chi connectivity index (χ3n) is 4.31. The monoisotopic (exact) mass is 270 g/mol. The molecule has 1 unspecified atom stereocenters. The van der Waals surface area contributed by atoms with Gasteiger partial charge >= 0.3 is 0 Å². The lowest BCUT2D eigenvalue weighted by molar-refractivity contribution is 0.368. The lowest BCUT2D eigenvalue weighted by Gasteiger charge is -2.23. The Labute approximate surface area is 120 Å². The predicted octanol–water partition coefficient (Wildman–Crippen LogP) is 2.01. The van der Waals surface area contributed by atoms with E-state index in [2.05, 4.69) is 46.8 Å². The molecule has 3 rings (SSSR count). The van der Waals surface area contributed by atoms with Crippen molar-refractivity contribution in [2.24, 2.45) is 11.7 Å². The molecule has 1 aliphatic heterocycles. The molecule has 20 heavy (non-hydrogen) atoms. The summed E-state index contributed by atoms with van der Waals surface area (Å²) < 4.78 is 2.28. The standard InChI is InChI=1S/C16H22N4/c1-11-3-4-12(2)14(7-11)8-16-19-18-15-6-5-13(9-17)10-20(15)16/h3-4,7,13H,5-6,8-10,17H2,1-2H3. The average molecular weight is 270 g/mol. The van der Waals surface area contributed by atoms with Crippen LogP contribution < -0.4 is 5.73 Å². The van der Waals surface area contributed by atoms with Crippen molar-refractivity contribution in [1.29, 1.82) is 0 Å². The zero-order valence-corrected chi connectivity index (χ0v) is 12.3. The molecule has 2 heterocycles. The van der Waals surface area contributed by atoms with E-state index in [0.717, 1.165) is 44.0 Å². The Balaban J connectivity index is 1.89. The number of rotatable bonds is 3. The van der Waals surface area contributed by atoms with Gasteiger partial charge in [0, 0.05) is 19.4 Å². The first kappa shape index (κ1) is 13.3. The molecule has 0 aliphatic carbocycles. The molecular weight excluding hydrogens is 248 g/mol. The van der Waals surface area contributed by atoms with Crippen molar-refractivity contribution in [2.45, 2.75) is 39.7 Å². The van der Waals surface area contributed by atoms with Crippen LogP contribution in [0.3, 0.4) is 0 Å². The lowest BCUT2D eigenvalue weighted by Crippen LogP contribution is -2.27. The maximum Gasteiger partial charge on any atom is 0.137 e. The zero-order valence-electron chi connectivity index (χ0n) is 12.3. The number of benzene rings is 1. The molecule has 2 aromatic rings. The van der Waals surface area contributed by atoms with Gasteiger partial charge in [-0.15, -0.1) is 10.2 Å². The molecule has 1 atom stereocenters. The summed E-state index contributed by atoms with van der Waals surface area (Å²) in [4.78, 5) is 0. The van der Waals surface area contributed by atoms with Crippen LogP contribution >= 0.6 is 0 Å². The van der Waals surface area contributed by atoms with E-state index >= 15 is 0 Å². The molecule has 0 spiro atoms. The SMILES string of the molecule is Cc1ccc(C)c(Cc2nnc3n2CC(CN)CC3)c1. The predicted molar refractivity (Wildman–Crippen MR) is 79.6 cm³/mol. The van der Waals surface area contributed by atoms with Crippen molar-refractivity contribution >= 4 is 0 Å². The van der Waals surface area contributed by atoms with E-state index in [1.165, 1.54) is 16.7 Å². The fourth-order valence-electron chi connectivity index (χ4n) is 2.94. The number of hydrogen-bond donors (Lipinski definition) is 1. The summed E-state index contributed by atoms with van der Waals surface area (Å²) in [5.41, 5.74) is 9.78. The minimum absolute atomic E-state index is 0.566. The molecule has 0 saturated heterocycles. The second-order valence-electron chi connectivity index (χ2n) is 5.89. The summed E-state index contributed by atoms with van der Waals surface area (Å²) >= 11 is 0. The molecular formula is C16H22N4. The summed E-state index contributed by atoms with van der Waals surface area (Å²) in [6, 6.07) is 6.59. The quantitative estimate of drug-likeness (QED) is 0.928. The molecule has 4 nitrogen and oxygen atoms in total. The third-order valence-corrected chi connectivity index (χ3v) is 4.31. The highest BCUT2D eigenvalue weighted by Crippen LogP contribution is 2.21. The Morgan fingerprint density at radius 3 is 2.95 bits per heavy atom. The van der Waals surface area contributed by atoms with Crippen molar-refractivity contribution in [3.8, 4) is 0 Å². The van der Waals surface area contributed by atoms with Crippen LogP contribution in [0, 0.1) is 19.8 Å². The Morgan fingerprint density at radius 2 is 2.15 bits per heavy atom. The first-order chi connectivity index (χ1) is 9.67. The van der Waals surface area contributed by atoms with Gasteiger partial charge in [-0.1, -0.05) is 23.8 Å². The molecule has 4 heteroatoms. The molecule has 0 saturated carbocycles. The van der Waals surface area contributed by atoms with Gasteiger partial charge in [-0.25, -0.2) is 0 Å². The van der Waals surface area contributed by atoms with E-state index < -0.39 is 0 Å². The highest BCUT2D eigenvalue weighted by Gasteiger charge is 2.22. The average Bonchev–Trinajstić information content (AvgIpc) is 2.85. The second-order valence-corrected chi connectivity index (χ2v) is 5.89. The first-order valence-corrected chi connectivity index (χ1v) is 7.34. The van der Waals surface area contributed by atoms with Crippen LogP contribution in [-0.2, 0) is 19.4 Å². The maximum absolute atomic E-state index is 5.82. The molecule has 0 bridgehead atoms. The van der Waals surface area contributed by atoms with Crippen molar-refractivity contribution in [3.63, 3.8) is 0 Å². The fourth-order valence-corrected chi connectivity index (χ4v) is 2.94. The highest BCUT2D eigenvalue weighted by molar-refractivity contribution is 5.32. The number of aromatic nitrogens is 3. The van der Waals surface area contributed by atoms with E-state index in [0.29, 0.717) is 5.92 Å². The molecule has 0 amide bonds. The largest absolute Gasteiger partial charge is 0.330 e. The summed E-state index contributed by atoms with van der Waals surface area (Å²) in [5, 5.41) is 8.75. The van der Waals surface area contributed by atoms with E-state index in [9.17, 15) is 0 Å². The summed E-state index contributed by atoms with van der Waals surface area (Å²) in [6.45, 7) is 6.01. The maximum atomic E-state index is 5.82. The van der Waals surface area contributed by atoms with Gasteiger partial charge in [-0.2, -0.15) is 0 Å². The molecule has 1 aromatic carbocycles. The zero-order chi connectivity index (χ0) is 14.1. The van der Waals surface area contributed by atoms with E-state index in [-0.39, 0.29) is 0 Å². The van der Waals surface area contributed by atoms with E-state index in [1.807, 2.05) is 0 Å². The van der Waals surface area contributed by atoms with Crippen molar-refractivity contribution in [3.05, 3.63) is 46.5 Å². The minimum atomic E-state index is 0.566. The Morgan fingerprint density at radius 1 is 1.30 bits per heavy atom. The molecule has 1 aromatic heterocycles. The summed E-state index contributed by atoms with van der Waals surface area (Å²) in [6.07, 6.45) is 3.00. The summed E-state index contributed by atoms with van der Waals surface area (Å²) in [7, 11) is 0. The van der Waals surface area contributed by atoms with Gasteiger partial charge in [0.05, 0.1) is 0 Å². The lowest BCUT2D eigenvalue weighted by atomic mass is 9.98. The Bertz CT molecular complexity index is 615.